The Kier molecular flexibility index (Phi) is 6.06. The summed E-state index contributed by atoms with van der Waals surface area (Å²) in [6.07, 6.45) is 3.23. The molecule has 0 aliphatic carbocycles. The van der Waals surface area contributed by atoms with E-state index in [0.29, 0.717) is 23.0 Å². The molecule has 2 unspecified atom stereocenters. The lowest BCUT2D eigenvalue weighted by Gasteiger charge is -2.15. The SMILES string of the molecule is CNc1cnc(C(C)C)nc1C(=O)NC(C)CS(C)=O. The van der Waals surface area contributed by atoms with Crippen molar-refractivity contribution in [1.29, 1.82) is 0 Å². The number of nitrogens with zero attached hydrogens (tertiary/aromatic N) is 2. The van der Waals surface area contributed by atoms with Crippen LogP contribution < -0.4 is 10.6 Å². The summed E-state index contributed by atoms with van der Waals surface area (Å²) in [4.78, 5) is 20.8. The van der Waals surface area contributed by atoms with Crippen LogP contribution in [0.3, 0.4) is 0 Å². The Labute approximate surface area is 122 Å². The highest BCUT2D eigenvalue weighted by Gasteiger charge is 2.18. The van der Waals surface area contributed by atoms with Gasteiger partial charge < -0.3 is 10.6 Å². The van der Waals surface area contributed by atoms with Crippen molar-refractivity contribution in [1.82, 2.24) is 15.3 Å². The first kappa shape index (κ1) is 16.6. The molecule has 0 radical (unpaired) electrons. The molecule has 0 fully saturated rings. The largest absolute Gasteiger partial charge is 0.385 e. The number of hydrogen-bond donors (Lipinski definition) is 2. The Balaban J connectivity index is 2.95. The van der Waals surface area contributed by atoms with E-state index in [1.165, 1.54) is 0 Å². The van der Waals surface area contributed by atoms with E-state index in [4.69, 9.17) is 0 Å². The van der Waals surface area contributed by atoms with Gasteiger partial charge >= 0.3 is 0 Å². The Hall–Kier alpha value is -1.50. The number of anilines is 1. The van der Waals surface area contributed by atoms with Crippen LogP contribution in [0, 0.1) is 0 Å². The first-order valence-corrected chi connectivity index (χ1v) is 8.23. The highest BCUT2D eigenvalue weighted by Crippen LogP contribution is 2.15. The number of nitrogens with one attached hydrogen (secondary N) is 2. The van der Waals surface area contributed by atoms with Crippen LogP contribution in [0.4, 0.5) is 5.69 Å². The molecular formula is C13H22N4O2S. The van der Waals surface area contributed by atoms with Gasteiger partial charge in [0.1, 0.15) is 5.82 Å². The molecular weight excluding hydrogens is 276 g/mol. The molecule has 6 nitrogen and oxygen atoms in total. The van der Waals surface area contributed by atoms with Crippen molar-refractivity contribution in [3.63, 3.8) is 0 Å². The lowest BCUT2D eigenvalue weighted by Crippen LogP contribution is -2.37. The average molecular weight is 298 g/mol. The van der Waals surface area contributed by atoms with Crippen molar-refractivity contribution in [2.75, 3.05) is 24.4 Å². The minimum atomic E-state index is -0.950. The predicted octanol–water partition coefficient (Wildman–Crippen LogP) is 1.14. The second-order valence-electron chi connectivity index (χ2n) is 5.01. The quantitative estimate of drug-likeness (QED) is 0.822. The van der Waals surface area contributed by atoms with Gasteiger partial charge in [-0.15, -0.1) is 0 Å². The summed E-state index contributed by atoms with van der Waals surface area (Å²) in [6, 6.07) is -0.171. The fourth-order valence-corrected chi connectivity index (χ4v) is 2.50. The van der Waals surface area contributed by atoms with Crippen molar-refractivity contribution in [3.05, 3.63) is 17.7 Å². The first-order chi connectivity index (χ1) is 9.35. The molecule has 0 aliphatic rings. The van der Waals surface area contributed by atoms with Crippen molar-refractivity contribution in [2.45, 2.75) is 32.7 Å². The third kappa shape index (κ3) is 4.56. The molecule has 7 heteroatoms. The fourth-order valence-electron chi connectivity index (χ4n) is 1.72. The van der Waals surface area contributed by atoms with E-state index in [1.54, 1.807) is 19.5 Å². The number of rotatable bonds is 6. The molecule has 1 amide bonds. The zero-order valence-electron chi connectivity index (χ0n) is 12.6. The second kappa shape index (κ2) is 7.33. The fraction of sp³-hybridized carbons (Fsp3) is 0.615. The van der Waals surface area contributed by atoms with Crippen LogP contribution in [0.1, 0.15) is 43.0 Å². The number of carbonyl (C=O) groups is 1. The third-order valence-electron chi connectivity index (χ3n) is 2.67. The van der Waals surface area contributed by atoms with Gasteiger partial charge in [-0.2, -0.15) is 0 Å². The van der Waals surface area contributed by atoms with Crippen molar-refractivity contribution in [2.24, 2.45) is 0 Å². The van der Waals surface area contributed by atoms with Gasteiger partial charge in [0.25, 0.3) is 5.91 Å². The maximum Gasteiger partial charge on any atom is 0.272 e. The van der Waals surface area contributed by atoms with E-state index in [-0.39, 0.29) is 17.9 Å². The van der Waals surface area contributed by atoms with Crippen molar-refractivity contribution in [3.8, 4) is 0 Å². The van der Waals surface area contributed by atoms with Crippen molar-refractivity contribution < 1.29 is 9.00 Å². The molecule has 0 aromatic carbocycles. The Bertz CT molecular complexity index is 505. The Morgan fingerprint density at radius 2 is 2.05 bits per heavy atom. The van der Waals surface area contributed by atoms with Crippen molar-refractivity contribution >= 4 is 22.4 Å². The molecule has 0 saturated heterocycles. The monoisotopic (exact) mass is 298 g/mol. The van der Waals surface area contributed by atoms with Gasteiger partial charge in [-0.3, -0.25) is 9.00 Å². The molecule has 1 aromatic heterocycles. The molecule has 1 aromatic rings. The molecule has 0 aliphatic heterocycles. The summed E-state index contributed by atoms with van der Waals surface area (Å²) in [7, 11) is 0.767. The van der Waals surface area contributed by atoms with Gasteiger partial charge in [-0.05, 0) is 6.92 Å². The lowest BCUT2D eigenvalue weighted by molar-refractivity contribution is 0.0939. The topological polar surface area (TPSA) is 84.0 Å². The van der Waals surface area contributed by atoms with Crippen LogP contribution in [-0.2, 0) is 10.8 Å². The molecule has 20 heavy (non-hydrogen) atoms. The van der Waals surface area contributed by atoms with E-state index in [1.807, 2.05) is 20.8 Å². The molecule has 2 atom stereocenters. The van der Waals surface area contributed by atoms with Crippen LogP contribution in [0.25, 0.3) is 0 Å². The minimum absolute atomic E-state index is 0.146. The van der Waals surface area contributed by atoms with Crippen LogP contribution in [0.15, 0.2) is 6.20 Å². The number of aromatic nitrogens is 2. The van der Waals surface area contributed by atoms with Gasteiger partial charge in [-0.25, -0.2) is 9.97 Å². The van der Waals surface area contributed by atoms with E-state index < -0.39 is 10.8 Å². The standard InChI is InChI=1S/C13H22N4O2S/c1-8(2)12-15-6-10(14-4)11(17-12)13(18)16-9(3)7-20(5)19/h6,8-9,14H,7H2,1-5H3,(H,16,18). The maximum atomic E-state index is 12.3. The molecule has 1 heterocycles. The summed E-state index contributed by atoms with van der Waals surface area (Å²) in [6.45, 7) is 5.76. The van der Waals surface area contributed by atoms with Crippen LogP contribution in [0.2, 0.25) is 0 Å². The molecule has 112 valence electrons. The predicted molar refractivity (Wildman–Crippen MR) is 81.5 cm³/mol. The molecule has 0 bridgehead atoms. The molecule has 2 N–H and O–H groups in total. The van der Waals surface area contributed by atoms with Gasteiger partial charge in [0.2, 0.25) is 0 Å². The molecule has 0 saturated carbocycles. The Morgan fingerprint density at radius 1 is 1.40 bits per heavy atom. The summed E-state index contributed by atoms with van der Waals surface area (Å²) >= 11 is 0. The third-order valence-corrected chi connectivity index (χ3v) is 3.64. The average Bonchev–Trinajstić information content (AvgIpc) is 2.36. The van der Waals surface area contributed by atoms with Crippen LogP contribution >= 0.6 is 0 Å². The van der Waals surface area contributed by atoms with E-state index in [9.17, 15) is 9.00 Å². The summed E-state index contributed by atoms with van der Waals surface area (Å²) < 4.78 is 11.2. The normalized spacial score (nSPS) is 13.9. The summed E-state index contributed by atoms with van der Waals surface area (Å²) in [5, 5.41) is 5.72. The second-order valence-corrected chi connectivity index (χ2v) is 6.49. The van der Waals surface area contributed by atoms with E-state index >= 15 is 0 Å². The van der Waals surface area contributed by atoms with Gasteiger partial charge in [0.15, 0.2) is 5.69 Å². The first-order valence-electron chi connectivity index (χ1n) is 6.50. The highest BCUT2D eigenvalue weighted by molar-refractivity contribution is 7.84. The van der Waals surface area contributed by atoms with Crippen LogP contribution in [0.5, 0.6) is 0 Å². The van der Waals surface area contributed by atoms with Gasteiger partial charge in [0, 0.05) is 41.8 Å². The maximum absolute atomic E-state index is 12.3. The van der Waals surface area contributed by atoms with Crippen LogP contribution in [-0.4, -0.2) is 45.2 Å². The van der Waals surface area contributed by atoms with Gasteiger partial charge in [0.05, 0.1) is 11.9 Å². The number of carbonyl (C=O) groups excluding carboxylic acids is 1. The minimum Gasteiger partial charge on any atom is -0.385 e. The lowest BCUT2D eigenvalue weighted by atomic mass is 10.2. The highest BCUT2D eigenvalue weighted by atomic mass is 32.2. The molecule has 0 spiro atoms. The Morgan fingerprint density at radius 3 is 2.55 bits per heavy atom. The van der Waals surface area contributed by atoms with E-state index in [0.717, 1.165) is 0 Å². The summed E-state index contributed by atoms with van der Waals surface area (Å²) in [5.41, 5.74) is 0.900. The zero-order chi connectivity index (χ0) is 15.3. The number of amides is 1. The smallest absolute Gasteiger partial charge is 0.272 e. The molecule has 1 rings (SSSR count). The number of hydrogen-bond acceptors (Lipinski definition) is 5. The van der Waals surface area contributed by atoms with E-state index in [2.05, 4.69) is 20.6 Å². The van der Waals surface area contributed by atoms with Gasteiger partial charge in [-0.1, -0.05) is 13.8 Å². The zero-order valence-corrected chi connectivity index (χ0v) is 13.4. The summed E-state index contributed by atoms with van der Waals surface area (Å²) in [5.74, 6) is 0.911.